The number of nitriles is 1. The summed E-state index contributed by atoms with van der Waals surface area (Å²) < 4.78 is 1.99. The van der Waals surface area contributed by atoms with E-state index in [-0.39, 0.29) is 0 Å². The molecule has 0 atom stereocenters. The number of carboxylic acids is 1. The van der Waals surface area contributed by atoms with Gasteiger partial charge < -0.3 is 15.0 Å². The van der Waals surface area contributed by atoms with E-state index in [0.29, 0.717) is 42.5 Å². The number of carboxylic acid groups (broad SMARTS) is 1. The number of aromatic nitrogens is 3. The number of aromatic carboxylic acids is 1. The van der Waals surface area contributed by atoms with Crippen LogP contribution in [0.3, 0.4) is 0 Å². The first-order valence-corrected chi connectivity index (χ1v) is 10.9. The summed E-state index contributed by atoms with van der Waals surface area (Å²) >= 11 is 0. The summed E-state index contributed by atoms with van der Waals surface area (Å²) in [5.41, 5.74) is 4.34. The Morgan fingerprint density at radius 1 is 1.15 bits per heavy atom. The lowest BCUT2D eigenvalue weighted by atomic mass is 9.95. The summed E-state index contributed by atoms with van der Waals surface area (Å²) in [4.78, 5) is 20.3. The molecule has 0 unspecified atom stereocenters. The van der Waals surface area contributed by atoms with Crippen LogP contribution in [0.15, 0.2) is 60.9 Å². The van der Waals surface area contributed by atoms with E-state index in [4.69, 9.17) is 0 Å². The summed E-state index contributed by atoms with van der Waals surface area (Å²) in [6, 6.07) is 19.3. The molecule has 0 bridgehead atoms. The Labute approximate surface area is 192 Å². The first-order valence-electron chi connectivity index (χ1n) is 10.9. The van der Waals surface area contributed by atoms with Gasteiger partial charge in [0.05, 0.1) is 11.3 Å². The van der Waals surface area contributed by atoms with E-state index in [1.165, 1.54) is 6.33 Å². The fourth-order valence-corrected chi connectivity index (χ4v) is 4.02. The highest BCUT2D eigenvalue weighted by atomic mass is 16.4. The first-order chi connectivity index (χ1) is 16.0. The lowest BCUT2D eigenvalue weighted by Crippen LogP contribution is -2.12. The molecule has 0 aliphatic heterocycles. The smallest absolute Gasteiger partial charge is 0.335 e. The Morgan fingerprint density at radius 2 is 1.97 bits per heavy atom. The van der Waals surface area contributed by atoms with Crippen LogP contribution in [0.4, 0.5) is 5.82 Å². The monoisotopic (exact) mass is 439 g/mol. The second-order valence-corrected chi connectivity index (χ2v) is 8.34. The molecule has 4 aromatic rings. The molecule has 0 fully saturated rings. The van der Waals surface area contributed by atoms with Gasteiger partial charge in [0.25, 0.3) is 0 Å². The standard InChI is InChI=1S/C26H25N5O2/c1-17(2)11-20-12-18(7-8-22(20)26(32)33)23-14-25(30-16-29-23)28-9-10-31-21(15-27)13-19-5-3-4-6-24(19)31/h3-8,12-14,16-17H,9-11H2,1-2H3,(H,32,33)(H,28,29,30). The zero-order chi connectivity index (χ0) is 23.4. The van der Waals surface area contributed by atoms with Crippen molar-refractivity contribution >= 4 is 22.7 Å². The molecule has 0 aliphatic rings. The van der Waals surface area contributed by atoms with Crippen LogP contribution >= 0.6 is 0 Å². The molecule has 166 valence electrons. The molecule has 0 saturated heterocycles. The lowest BCUT2D eigenvalue weighted by Gasteiger charge is -2.12. The third-order valence-electron chi connectivity index (χ3n) is 5.49. The Morgan fingerprint density at radius 3 is 2.73 bits per heavy atom. The number of benzene rings is 2. The normalized spacial score (nSPS) is 11.0. The predicted molar refractivity (Wildman–Crippen MR) is 128 cm³/mol. The van der Waals surface area contributed by atoms with Gasteiger partial charge in [0.15, 0.2) is 0 Å². The molecule has 0 aliphatic carbocycles. The van der Waals surface area contributed by atoms with Crippen LogP contribution in [0.1, 0.15) is 35.5 Å². The number of nitrogens with zero attached hydrogens (tertiary/aromatic N) is 4. The van der Waals surface area contributed by atoms with Gasteiger partial charge in [0.1, 0.15) is 23.9 Å². The van der Waals surface area contributed by atoms with Gasteiger partial charge in [0, 0.05) is 35.6 Å². The van der Waals surface area contributed by atoms with E-state index in [1.807, 2.05) is 47.0 Å². The summed E-state index contributed by atoms with van der Waals surface area (Å²) in [7, 11) is 0. The highest BCUT2D eigenvalue weighted by molar-refractivity contribution is 5.90. The minimum Gasteiger partial charge on any atom is -0.478 e. The van der Waals surface area contributed by atoms with Crippen LogP contribution in [0, 0.1) is 17.2 Å². The highest BCUT2D eigenvalue weighted by Crippen LogP contribution is 2.24. The van der Waals surface area contributed by atoms with E-state index < -0.39 is 5.97 Å². The van der Waals surface area contributed by atoms with Gasteiger partial charge in [0.2, 0.25) is 0 Å². The molecule has 0 saturated carbocycles. The Bertz CT molecular complexity index is 1350. The van der Waals surface area contributed by atoms with Gasteiger partial charge in [-0.15, -0.1) is 0 Å². The average Bonchev–Trinajstić information content (AvgIpc) is 3.16. The van der Waals surface area contributed by atoms with Gasteiger partial charge in [-0.1, -0.05) is 38.1 Å². The number of rotatable bonds is 8. The molecule has 2 aromatic carbocycles. The van der Waals surface area contributed by atoms with Crippen LogP contribution in [0.2, 0.25) is 0 Å². The average molecular weight is 440 g/mol. The SMILES string of the molecule is CC(C)Cc1cc(-c2cc(NCCn3c(C#N)cc4ccccc43)ncn2)ccc1C(=O)O. The third kappa shape index (κ3) is 4.85. The molecule has 2 N–H and O–H groups in total. The summed E-state index contributed by atoms with van der Waals surface area (Å²) in [5, 5.41) is 23.3. The van der Waals surface area contributed by atoms with Crippen molar-refractivity contribution in [2.24, 2.45) is 5.92 Å². The lowest BCUT2D eigenvalue weighted by molar-refractivity contribution is 0.0695. The van der Waals surface area contributed by atoms with Gasteiger partial charge >= 0.3 is 5.97 Å². The number of nitrogens with one attached hydrogen (secondary N) is 1. The maximum absolute atomic E-state index is 11.6. The molecular weight excluding hydrogens is 414 g/mol. The number of hydrogen-bond acceptors (Lipinski definition) is 5. The minimum atomic E-state index is -0.920. The molecule has 0 amide bonds. The third-order valence-corrected chi connectivity index (χ3v) is 5.49. The summed E-state index contributed by atoms with van der Waals surface area (Å²) in [5.74, 6) is 0.0863. The summed E-state index contributed by atoms with van der Waals surface area (Å²) in [6.07, 6.45) is 2.17. The topological polar surface area (TPSA) is 104 Å². The van der Waals surface area contributed by atoms with Crippen molar-refractivity contribution < 1.29 is 9.90 Å². The molecular formula is C26H25N5O2. The van der Waals surface area contributed by atoms with E-state index >= 15 is 0 Å². The fourth-order valence-electron chi connectivity index (χ4n) is 4.02. The Kier molecular flexibility index (Phi) is 6.36. The number of anilines is 1. The van der Waals surface area contributed by atoms with Crippen LogP contribution in [0.5, 0.6) is 0 Å². The van der Waals surface area contributed by atoms with E-state index in [0.717, 1.165) is 27.7 Å². The molecule has 0 radical (unpaired) electrons. The van der Waals surface area contributed by atoms with Crippen molar-refractivity contribution in [3.8, 4) is 17.3 Å². The second kappa shape index (κ2) is 9.53. The largest absolute Gasteiger partial charge is 0.478 e. The number of fused-ring (bicyclic) bond motifs is 1. The second-order valence-electron chi connectivity index (χ2n) is 8.34. The van der Waals surface area contributed by atoms with Crippen molar-refractivity contribution in [2.45, 2.75) is 26.8 Å². The summed E-state index contributed by atoms with van der Waals surface area (Å²) in [6.45, 7) is 5.33. The predicted octanol–water partition coefficient (Wildman–Crippen LogP) is 4.98. The van der Waals surface area contributed by atoms with Crippen LogP contribution < -0.4 is 5.32 Å². The number of hydrogen-bond donors (Lipinski definition) is 2. The Hall–Kier alpha value is -4.18. The molecule has 4 rings (SSSR count). The van der Waals surface area contributed by atoms with Crippen molar-refractivity contribution in [2.75, 3.05) is 11.9 Å². The quantitative estimate of drug-likeness (QED) is 0.401. The number of para-hydroxylation sites is 1. The van der Waals surface area contributed by atoms with Gasteiger partial charge in [-0.25, -0.2) is 14.8 Å². The molecule has 2 aromatic heterocycles. The molecule has 0 spiro atoms. The Balaban J connectivity index is 1.52. The van der Waals surface area contributed by atoms with Crippen molar-refractivity contribution in [3.63, 3.8) is 0 Å². The first kappa shape index (κ1) is 22.0. The molecule has 2 heterocycles. The van der Waals surface area contributed by atoms with Crippen molar-refractivity contribution in [1.82, 2.24) is 14.5 Å². The van der Waals surface area contributed by atoms with Crippen LogP contribution in [-0.4, -0.2) is 32.2 Å². The maximum Gasteiger partial charge on any atom is 0.335 e. The zero-order valence-electron chi connectivity index (χ0n) is 18.6. The minimum absolute atomic E-state index is 0.326. The van der Waals surface area contributed by atoms with Gasteiger partial charge in [-0.05, 0) is 42.2 Å². The maximum atomic E-state index is 11.6. The van der Waals surface area contributed by atoms with Crippen LogP contribution in [0.25, 0.3) is 22.2 Å². The van der Waals surface area contributed by atoms with Crippen molar-refractivity contribution in [3.05, 3.63) is 77.7 Å². The molecule has 7 nitrogen and oxygen atoms in total. The van der Waals surface area contributed by atoms with Crippen LogP contribution in [-0.2, 0) is 13.0 Å². The van der Waals surface area contributed by atoms with Crippen molar-refractivity contribution in [1.29, 1.82) is 5.26 Å². The fraction of sp³-hybridized carbons (Fsp3) is 0.231. The van der Waals surface area contributed by atoms with Gasteiger partial charge in [-0.3, -0.25) is 0 Å². The molecule has 33 heavy (non-hydrogen) atoms. The van der Waals surface area contributed by atoms with E-state index in [9.17, 15) is 15.2 Å². The van der Waals surface area contributed by atoms with E-state index in [2.05, 4.69) is 35.2 Å². The van der Waals surface area contributed by atoms with E-state index in [1.54, 1.807) is 12.1 Å². The number of carbonyl (C=O) groups is 1. The zero-order valence-corrected chi connectivity index (χ0v) is 18.6. The molecule has 7 heteroatoms. The van der Waals surface area contributed by atoms with Gasteiger partial charge in [-0.2, -0.15) is 5.26 Å². The highest BCUT2D eigenvalue weighted by Gasteiger charge is 2.14.